The Morgan fingerprint density at radius 1 is 1.22 bits per heavy atom. The molecule has 0 saturated carbocycles. The third-order valence-electron chi connectivity index (χ3n) is 3.01. The smallest absolute Gasteiger partial charge is 0.406 e. The topological polar surface area (TPSA) is 46.6 Å². The van der Waals surface area contributed by atoms with Gasteiger partial charge in [-0.25, -0.2) is 8.42 Å². The second kappa shape index (κ2) is 8.34. The summed E-state index contributed by atoms with van der Waals surface area (Å²) in [6, 6.07) is 4.23. The van der Waals surface area contributed by atoms with Gasteiger partial charge in [-0.1, -0.05) is 29.8 Å². The number of sulfonamides is 1. The van der Waals surface area contributed by atoms with Gasteiger partial charge in [0.25, 0.3) is 0 Å². The highest BCUT2D eigenvalue weighted by Crippen LogP contribution is 2.25. The second-order valence-electron chi connectivity index (χ2n) is 4.89. The molecule has 0 radical (unpaired) electrons. The lowest BCUT2D eigenvalue weighted by molar-refractivity contribution is -0.274. The SMILES string of the molecule is CCCN(C[C@@H](Br)CC)S(=O)(=O)c1ccc(OC(F)(F)F)cc1. The van der Waals surface area contributed by atoms with E-state index in [1.54, 1.807) is 0 Å². The Bertz CT molecular complexity index is 590. The monoisotopic (exact) mass is 417 g/mol. The second-order valence-corrected chi connectivity index (χ2v) is 8.12. The predicted molar refractivity (Wildman–Crippen MR) is 85.2 cm³/mol. The molecule has 0 fully saturated rings. The van der Waals surface area contributed by atoms with Gasteiger partial charge in [0.1, 0.15) is 5.75 Å². The van der Waals surface area contributed by atoms with Crippen LogP contribution in [0.5, 0.6) is 5.75 Å². The van der Waals surface area contributed by atoms with E-state index in [0.717, 1.165) is 30.7 Å². The molecule has 0 aliphatic carbocycles. The largest absolute Gasteiger partial charge is 0.573 e. The third kappa shape index (κ3) is 6.31. The first kappa shape index (κ1) is 20.2. The highest BCUT2D eigenvalue weighted by molar-refractivity contribution is 9.09. The quantitative estimate of drug-likeness (QED) is 0.596. The van der Waals surface area contributed by atoms with Gasteiger partial charge in [-0.15, -0.1) is 13.2 Å². The highest BCUT2D eigenvalue weighted by Gasteiger charge is 2.31. The Morgan fingerprint density at radius 2 is 1.78 bits per heavy atom. The van der Waals surface area contributed by atoms with Crippen LogP contribution in [0.4, 0.5) is 13.2 Å². The predicted octanol–water partition coefficient (Wildman–Crippen LogP) is 4.16. The molecule has 0 spiro atoms. The number of hydrogen-bond acceptors (Lipinski definition) is 3. The molecule has 0 aliphatic heterocycles. The molecule has 0 bridgehead atoms. The molecule has 4 nitrogen and oxygen atoms in total. The van der Waals surface area contributed by atoms with E-state index in [4.69, 9.17) is 0 Å². The van der Waals surface area contributed by atoms with Crippen LogP contribution in [0.15, 0.2) is 29.2 Å². The van der Waals surface area contributed by atoms with Gasteiger partial charge < -0.3 is 4.74 Å². The van der Waals surface area contributed by atoms with E-state index in [9.17, 15) is 21.6 Å². The summed E-state index contributed by atoms with van der Waals surface area (Å²) < 4.78 is 66.7. The van der Waals surface area contributed by atoms with Crippen molar-refractivity contribution >= 4 is 26.0 Å². The van der Waals surface area contributed by atoms with E-state index in [2.05, 4.69) is 20.7 Å². The van der Waals surface area contributed by atoms with Crippen LogP contribution in [0.2, 0.25) is 0 Å². The van der Waals surface area contributed by atoms with Gasteiger partial charge in [-0.05, 0) is 37.1 Å². The van der Waals surface area contributed by atoms with E-state index >= 15 is 0 Å². The maximum absolute atomic E-state index is 12.6. The number of nitrogens with zero attached hydrogens (tertiary/aromatic N) is 1. The van der Waals surface area contributed by atoms with Crippen molar-refractivity contribution in [2.24, 2.45) is 0 Å². The van der Waals surface area contributed by atoms with Crippen LogP contribution in [-0.2, 0) is 10.0 Å². The lowest BCUT2D eigenvalue weighted by Crippen LogP contribution is -2.36. The average Bonchev–Trinajstić information content (AvgIpc) is 2.45. The molecule has 132 valence electrons. The summed E-state index contributed by atoms with van der Waals surface area (Å²) in [6.07, 6.45) is -3.41. The number of benzene rings is 1. The van der Waals surface area contributed by atoms with E-state index in [1.807, 2.05) is 13.8 Å². The molecule has 1 rings (SSSR count). The third-order valence-corrected chi connectivity index (χ3v) is 5.83. The Labute approximate surface area is 142 Å². The molecule has 0 aliphatic rings. The first-order valence-electron chi connectivity index (χ1n) is 7.10. The average molecular weight is 418 g/mol. The minimum Gasteiger partial charge on any atom is -0.406 e. The molecule has 1 aromatic carbocycles. The van der Waals surface area contributed by atoms with Crippen molar-refractivity contribution in [3.8, 4) is 5.75 Å². The zero-order valence-corrected chi connectivity index (χ0v) is 15.2. The van der Waals surface area contributed by atoms with Crippen molar-refractivity contribution in [1.82, 2.24) is 4.31 Å². The molecule has 0 aromatic heterocycles. The molecule has 1 atom stereocenters. The van der Waals surface area contributed by atoms with Crippen LogP contribution in [0.1, 0.15) is 26.7 Å². The molecule has 23 heavy (non-hydrogen) atoms. The summed E-state index contributed by atoms with van der Waals surface area (Å²) in [5, 5.41) is 0. The molecule has 0 N–H and O–H groups in total. The fourth-order valence-corrected chi connectivity index (χ4v) is 3.99. The van der Waals surface area contributed by atoms with E-state index in [0.29, 0.717) is 19.5 Å². The van der Waals surface area contributed by atoms with Crippen molar-refractivity contribution < 1.29 is 26.3 Å². The zero-order valence-electron chi connectivity index (χ0n) is 12.8. The normalized spacial score (nSPS) is 14.0. The van der Waals surface area contributed by atoms with E-state index in [-0.39, 0.29) is 9.72 Å². The first-order chi connectivity index (χ1) is 10.6. The molecule has 0 unspecified atom stereocenters. The summed E-state index contributed by atoms with van der Waals surface area (Å²) in [5.41, 5.74) is 0. The fourth-order valence-electron chi connectivity index (χ4n) is 1.87. The van der Waals surface area contributed by atoms with Crippen molar-refractivity contribution in [2.45, 2.75) is 42.8 Å². The van der Waals surface area contributed by atoms with Crippen LogP contribution in [0.3, 0.4) is 0 Å². The van der Waals surface area contributed by atoms with Crippen LogP contribution >= 0.6 is 15.9 Å². The molecule has 0 saturated heterocycles. The van der Waals surface area contributed by atoms with Gasteiger partial charge in [0, 0.05) is 17.9 Å². The maximum atomic E-state index is 12.6. The van der Waals surface area contributed by atoms with Crippen LogP contribution in [-0.4, -0.2) is 37.0 Å². The standard InChI is InChI=1S/C14H19BrF3NO3S/c1-3-9-19(10-11(15)4-2)23(20,21)13-7-5-12(6-8-13)22-14(16,17)18/h5-8,11H,3-4,9-10H2,1-2H3/t11-/m0/s1. The lowest BCUT2D eigenvalue weighted by Gasteiger charge is -2.24. The van der Waals surface area contributed by atoms with E-state index in [1.165, 1.54) is 4.31 Å². The van der Waals surface area contributed by atoms with Gasteiger partial charge >= 0.3 is 6.36 Å². The Hall–Kier alpha value is -0.800. The number of hydrogen-bond donors (Lipinski definition) is 0. The number of halogens is 4. The number of rotatable bonds is 8. The van der Waals surface area contributed by atoms with Gasteiger partial charge in [0.05, 0.1) is 4.90 Å². The van der Waals surface area contributed by atoms with Crippen LogP contribution in [0.25, 0.3) is 0 Å². The van der Waals surface area contributed by atoms with E-state index < -0.39 is 22.1 Å². The maximum Gasteiger partial charge on any atom is 0.573 e. The summed E-state index contributed by atoms with van der Waals surface area (Å²) in [7, 11) is -3.76. The lowest BCUT2D eigenvalue weighted by atomic mass is 10.3. The van der Waals surface area contributed by atoms with Gasteiger partial charge in [-0.2, -0.15) is 4.31 Å². The summed E-state index contributed by atoms with van der Waals surface area (Å²) in [4.78, 5) is -0.0482. The van der Waals surface area contributed by atoms with Gasteiger partial charge in [0.2, 0.25) is 10.0 Å². The van der Waals surface area contributed by atoms with Crippen LogP contribution < -0.4 is 4.74 Å². The summed E-state index contributed by atoms with van der Waals surface area (Å²) in [5.74, 6) is -0.453. The van der Waals surface area contributed by atoms with Crippen molar-refractivity contribution in [3.05, 3.63) is 24.3 Å². The first-order valence-corrected chi connectivity index (χ1v) is 9.45. The Morgan fingerprint density at radius 3 is 2.22 bits per heavy atom. The van der Waals surface area contributed by atoms with Crippen molar-refractivity contribution in [2.75, 3.05) is 13.1 Å². The molecular weight excluding hydrogens is 399 g/mol. The van der Waals surface area contributed by atoms with Crippen molar-refractivity contribution in [3.63, 3.8) is 0 Å². The van der Waals surface area contributed by atoms with Gasteiger partial charge in [-0.3, -0.25) is 0 Å². The fraction of sp³-hybridized carbons (Fsp3) is 0.571. The number of ether oxygens (including phenoxy) is 1. The van der Waals surface area contributed by atoms with Crippen LogP contribution in [0, 0.1) is 0 Å². The zero-order chi connectivity index (χ0) is 17.7. The molecule has 0 amide bonds. The Balaban J connectivity index is 3.00. The molecule has 1 aromatic rings. The Kier molecular flexibility index (Phi) is 7.34. The minimum absolute atomic E-state index is 0.0108. The summed E-state index contributed by atoms with van der Waals surface area (Å²) >= 11 is 3.41. The molecule has 0 heterocycles. The van der Waals surface area contributed by atoms with Crippen molar-refractivity contribution in [1.29, 1.82) is 0 Å². The number of alkyl halides is 4. The van der Waals surface area contributed by atoms with Gasteiger partial charge in [0.15, 0.2) is 0 Å². The summed E-state index contributed by atoms with van der Waals surface area (Å²) in [6.45, 7) is 4.43. The molecular formula is C14H19BrF3NO3S. The minimum atomic E-state index is -4.81. The highest BCUT2D eigenvalue weighted by atomic mass is 79.9. The molecule has 9 heteroatoms.